The smallest absolute Gasteiger partial charge is 0.276 e. The van der Waals surface area contributed by atoms with Gasteiger partial charge in [-0.25, -0.2) is 0 Å². The van der Waals surface area contributed by atoms with Crippen LogP contribution in [-0.2, 0) is 0 Å². The monoisotopic (exact) mass is 322 g/mol. The highest BCUT2D eigenvalue weighted by Crippen LogP contribution is 2.15. The zero-order valence-electron chi connectivity index (χ0n) is 13.5. The molecule has 0 spiro atoms. The standard InChI is InChI=1S/C14H16OSi.C6H6O/c1-16(2,14-11-7-4-8-12-14)15-13-9-5-3-6-10-13;7-6-4-2-1-3-5-6/h3-12H,1-2H3;1-5,7H. The van der Waals surface area contributed by atoms with Crippen LogP contribution in [0.15, 0.2) is 91.0 Å². The molecule has 0 heterocycles. The molecule has 3 aromatic rings. The van der Waals surface area contributed by atoms with Gasteiger partial charge in [0.2, 0.25) is 0 Å². The maximum Gasteiger partial charge on any atom is 0.276 e. The Labute approximate surface area is 139 Å². The van der Waals surface area contributed by atoms with Crippen LogP contribution in [0.25, 0.3) is 0 Å². The lowest BCUT2D eigenvalue weighted by Gasteiger charge is -2.24. The van der Waals surface area contributed by atoms with Crippen LogP contribution >= 0.6 is 0 Å². The zero-order chi connectivity index (χ0) is 16.5. The third kappa shape index (κ3) is 5.64. The van der Waals surface area contributed by atoms with Crippen molar-refractivity contribution in [3.63, 3.8) is 0 Å². The second-order valence-electron chi connectivity index (χ2n) is 5.63. The van der Waals surface area contributed by atoms with Gasteiger partial charge in [-0.15, -0.1) is 0 Å². The van der Waals surface area contributed by atoms with Gasteiger partial charge in [0.05, 0.1) is 0 Å². The molecule has 0 radical (unpaired) electrons. The summed E-state index contributed by atoms with van der Waals surface area (Å²) in [4.78, 5) is 0. The van der Waals surface area contributed by atoms with E-state index in [0.717, 1.165) is 5.75 Å². The van der Waals surface area contributed by atoms with E-state index in [0.29, 0.717) is 5.75 Å². The van der Waals surface area contributed by atoms with Crippen LogP contribution in [0.3, 0.4) is 0 Å². The van der Waals surface area contributed by atoms with E-state index in [2.05, 4.69) is 37.4 Å². The Morgan fingerprint density at radius 1 is 0.652 bits per heavy atom. The topological polar surface area (TPSA) is 29.5 Å². The molecule has 0 fully saturated rings. The van der Waals surface area contributed by atoms with E-state index in [-0.39, 0.29) is 0 Å². The predicted octanol–water partition coefficient (Wildman–Crippen LogP) is 4.57. The minimum absolute atomic E-state index is 0.322. The van der Waals surface area contributed by atoms with E-state index < -0.39 is 8.32 Å². The van der Waals surface area contributed by atoms with Gasteiger partial charge in [0.25, 0.3) is 8.32 Å². The largest absolute Gasteiger partial charge is 0.540 e. The van der Waals surface area contributed by atoms with Crippen molar-refractivity contribution in [2.75, 3.05) is 0 Å². The van der Waals surface area contributed by atoms with Crippen molar-refractivity contribution in [3.8, 4) is 11.5 Å². The molecule has 0 aliphatic rings. The van der Waals surface area contributed by atoms with E-state index in [1.165, 1.54) is 5.19 Å². The molecule has 0 atom stereocenters. The number of rotatable bonds is 3. The molecule has 0 unspecified atom stereocenters. The van der Waals surface area contributed by atoms with E-state index in [9.17, 15) is 0 Å². The summed E-state index contributed by atoms with van der Waals surface area (Å²) >= 11 is 0. The molecule has 1 N–H and O–H groups in total. The number of para-hydroxylation sites is 2. The van der Waals surface area contributed by atoms with Gasteiger partial charge in [0.1, 0.15) is 11.5 Å². The first-order chi connectivity index (χ1) is 11.1. The molecular weight excluding hydrogens is 300 g/mol. The lowest BCUT2D eigenvalue weighted by Crippen LogP contribution is -2.47. The van der Waals surface area contributed by atoms with Crippen molar-refractivity contribution < 1.29 is 9.53 Å². The van der Waals surface area contributed by atoms with Gasteiger partial charge in [0, 0.05) is 0 Å². The molecule has 0 aromatic heterocycles. The molecule has 23 heavy (non-hydrogen) atoms. The minimum Gasteiger partial charge on any atom is -0.540 e. The maximum atomic E-state index is 8.63. The predicted molar refractivity (Wildman–Crippen MR) is 98.7 cm³/mol. The number of phenolic OH excluding ortho intramolecular Hbond substituents is 1. The van der Waals surface area contributed by atoms with Crippen molar-refractivity contribution in [1.29, 1.82) is 0 Å². The van der Waals surface area contributed by atoms with Gasteiger partial charge in [-0.05, 0) is 42.5 Å². The summed E-state index contributed by atoms with van der Waals surface area (Å²) in [6.07, 6.45) is 0. The molecule has 0 amide bonds. The number of benzene rings is 3. The van der Waals surface area contributed by atoms with Gasteiger partial charge in [0.15, 0.2) is 0 Å². The molecule has 0 saturated carbocycles. The minimum atomic E-state index is -1.82. The van der Waals surface area contributed by atoms with Crippen LogP contribution in [0.2, 0.25) is 13.1 Å². The van der Waals surface area contributed by atoms with Crippen molar-refractivity contribution in [2.45, 2.75) is 13.1 Å². The summed E-state index contributed by atoms with van der Waals surface area (Å²) < 4.78 is 6.13. The quantitative estimate of drug-likeness (QED) is 0.716. The van der Waals surface area contributed by atoms with Crippen molar-refractivity contribution in [3.05, 3.63) is 91.0 Å². The zero-order valence-corrected chi connectivity index (χ0v) is 14.5. The Hall–Kier alpha value is -2.52. The molecule has 0 saturated heterocycles. The third-order valence-corrected chi connectivity index (χ3v) is 5.81. The first-order valence-corrected chi connectivity index (χ1v) is 10.5. The Morgan fingerprint density at radius 3 is 1.52 bits per heavy atom. The third-order valence-electron chi connectivity index (χ3n) is 3.34. The van der Waals surface area contributed by atoms with Crippen LogP contribution in [-0.4, -0.2) is 13.4 Å². The number of aromatic hydroxyl groups is 1. The second kappa shape index (κ2) is 8.20. The van der Waals surface area contributed by atoms with E-state index in [4.69, 9.17) is 9.53 Å². The molecule has 0 aliphatic carbocycles. The normalized spacial score (nSPS) is 10.3. The Balaban J connectivity index is 0.000000229. The van der Waals surface area contributed by atoms with Crippen molar-refractivity contribution in [1.82, 2.24) is 0 Å². The molecule has 3 rings (SSSR count). The lowest BCUT2D eigenvalue weighted by molar-refractivity contribution is 0.475. The maximum absolute atomic E-state index is 8.63. The summed E-state index contributed by atoms with van der Waals surface area (Å²) in [7, 11) is -1.82. The van der Waals surface area contributed by atoms with Crippen LogP contribution in [0.1, 0.15) is 0 Å². The summed E-state index contributed by atoms with van der Waals surface area (Å²) in [6.45, 7) is 4.44. The van der Waals surface area contributed by atoms with Gasteiger partial charge in [-0.3, -0.25) is 0 Å². The summed E-state index contributed by atoms with van der Waals surface area (Å²) in [5.41, 5.74) is 0. The van der Waals surface area contributed by atoms with Gasteiger partial charge < -0.3 is 9.53 Å². The molecule has 118 valence electrons. The average molecular weight is 322 g/mol. The van der Waals surface area contributed by atoms with E-state index in [1.807, 2.05) is 42.5 Å². The molecule has 2 nitrogen and oxygen atoms in total. The second-order valence-corrected chi connectivity index (χ2v) is 9.43. The highest BCUT2D eigenvalue weighted by Gasteiger charge is 2.26. The highest BCUT2D eigenvalue weighted by atomic mass is 28.4. The van der Waals surface area contributed by atoms with E-state index in [1.54, 1.807) is 24.3 Å². The molecule has 3 aromatic carbocycles. The van der Waals surface area contributed by atoms with E-state index >= 15 is 0 Å². The summed E-state index contributed by atoms with van der Waals surface area (Å²) in [5.74, 6) is 1.28. The summed E-state index contributed by atoms with van der Waals surface area (Å²) in [5, 5.41) is 9.95. The Bertz CT molecular complexity index is 683. The fourth-order valence-corrected chi connectivity index (χ4v) is 3.95. The molecule has 0 bridgehead atoms. The van der Waals surface area contributed by atoms with Crippen LogP contribution in [0.5, 0.6) is 11.5 Å². The number of phenols is 1. The average Bonchev–Trinajstić information content (AvgIpc) is 2.57. The Kier molecular flexibility index (Phi) is 6.00. The van der Waals surface area contributed by atoms with Crippen LogP contribution < -0.4 is 9.61 Å². The van der Waals surface area contributed by atoms with Crippen molar-refractivity contribution in [2.24, 2.45) is 0 Å². The number of hydrogen-bond donors (Lipinski definition) is 1. The van der Waals surface area contributed by atoms with Crippen LogP contribution in [0, 0.1) is 0 Å². The van der Waals surface area contributed by atoms with Crippen molar-refractivity contribution >= 4 is 13.5 Å². The molecular formula is C20H22O2Si. The van der Waals surface area contributed by atoms with Crippen LogP contribution in [0.4, 0.5) is 0 Å². The SMILES string of the molecule is C[Si](C)(Oc1ccccc1)c1ccccc1.Oc1ccccc1. The van der Waals surface area contributed by atoms with Gasteiger partial charge in [-0.2, -0.15) is 0 Å². The lowest BCUT2D eigenvalue weighted by atomic mass is 10.3. The number of hydrogen-bond acceptors (Lipinski definition) is 2. The first-order valence-electron chi connectivity index (χ1n) is 7.61. The fourth-order valence-electron chi connectivity index (χ4n) is 2.11. The van der Waals surface area contributed by atoms with Gasteiger partial charge >= 0.3 is 0 Å². The summed E-state index contributed by atoms with van der Waals surface area (Å²) in [6, 6.07) is 29.2. The highest BCUT2D eigenvalue weighted by molar-refractivity contribution is 6.84. The Morgan fingerprint density at radius 2 is 1.09 bits per heavy atom. The fraction of sp³-hybridized carbons (Fsp3) is 0.100. The van der Waals surface area contributed by atoms with Gasteiger partial charge in [-0.1, -0.05) is 66.7 Å². The molecule has 3 heteroatoms. The molecule has 0 aliphatic heterocycles. The first kappa shape index (κ1) is 16.8.